The fraction of sp³-hybridized carbons (Fsp3) is 0.417. The molecule has 3 rings (SSSR count). The third kappa shape index (κ3) is 5.52. The van der Waals surface area contributed by atoms with Gasteiger partial charge in [0.15, 0.2) is 9.84 Å². The third-order valence-electron chi connectivity index (χ3n) is 6.09. The van der Waals surface area contributed by atoms with E-state index in [0.717, 1.165) is 21.6 Å². The summed E-state index contributed by atoms with van der Waals surface area (Å²) in [5.74, 6) is -1.88. The van der Waals surface area contributed by atoms with Gasteiger partial charge in [-0.05, 0) is 80.5 Å². The van der Waals surface area contributed by atoms with Gasteiger partial charge in [-0.15, -0.1) is 11.8 Å². The van der Waals surface area contributed by atoms with Crippen molar-refractivity contribution in [2.75, 3.05) is 18.6 Å². The number of hydrogen-bond acceptors (Lipinski definition) is 6. The molecule has 3 atom stereocenters. The molecule has 0 bridgehead atoms. The van der Waals surface area contributed by atoms with E-state index in [0.29, 0.717) is 5.56 Å². The lowest BCUT2D eigenvalue weighted by Gasteiger charge is -2.38. The van der Waals surface area contributed by atoms with E-state index in [1.165, 1.54) is 0 Å². The van der Waals surface area contributed by atoms with Crippen LogP contribution in [0, 0.1) is 26.7 Å². The quantitative estimate of drug-likeness (QED) is 0.453. The maximum Gasteiger partial charge on any atom is 0.315 e. The van der Waals surface area contributed by atoms with Gasteiger partial charge in [-0.3, -0.25) is 4.79 Å². The van der Waals surface area contributed by atoms with Gasteiger partial charge in [-0.2, -0.15) is 0 Å². The minimum absolute atomic E-state index is 0.150. The number of esters is 1. The molecule has 0 radical (unpaired) electrons. The highest BCUT2D eigenvalue weighted by molar-refractivity contribution is 7.98. The van der Waals surface area contributed by atoms with Gasteiger partial charge in [0.25, 0.3) is 0 Å². The van der Waals surface area contributed by atoms with Crippen molar-refractivity contribution in [3.63, 3.8) is 0 Å². The number of rotatable bonds is 7. The predicted octanol–water partition coefficient (Wildman–Crippen LogP) is 3.71. The van der Waals surface area contributed by atoms with Crippen molar-refractivity contribution >= 4 is 33.6 Å². The molecular formula is C24H30N2O5S2. The first-order valence-corrected chi connectivity index (χ1v) is 13.6. The fourth-order valence-corrected chi connectivity index (χ4v) is 6.13. The maximum absolute atomic E-state index is 13.3. The van der Waals surface area contributed by atoms with E-state index < -0.39 is 45.6 Å². The molecule has 2 aromatic rings. The molecule has 3 unspecified atom stereocenters. The molecular weight excluding hydrogens is 460 g/mol. The highest BCUT2D eigenvalue weighted by Gasteiger charge is 2.45. The Kier molecular flexibility index (Phi) is 7.74. The Morgan fingerprint density at radius 3 is 2.21 bits per heavy atom. The van der Waals surface area contributed by atoms with Crippen LogP contribution < -0.4 is 10.6 Å². The number of nitrogens with one attached hydrogen (secondary N) is 2. The third-order valence-corrected chi connectivity index (χ3v) is 8.58. The van der Waals surface area contributed by atoms with Gasteiger partial charge in [0.05, 0.1) is 29.3 Å². The summed E-state index contributed by atoms with van der Waals surface area (Å²) in [6.45, 7) is 7.51. The van der Waals surface area contributed by atoms with E-state index in [-0.39, 0.29) is 11.5 Å². The Labute approximate surface area is 199 Å². The van der Waals surface area contributed by atoms with Gasteiger partial charge in [-0.25, -0.2) is 13.2 Å². The average molecular weight is 491 g/mol. The SMILES string of the molecule is CCOC(=O)C1C(CS(=O)(=O)c2cc(C)c(C)c(C)c2)NC(=O)NC1c1ccc(SC)cc1. The van der Waals surface area contributed by atoms with Crippen LogP contribution in [0.15, 0.2) is 46.2 Å². The van der Waals surface area contributed by atoms with E-state index in [4.69, 9.17) is 4.74 Å². The molecule has 1 saturated heterocycles. The van der Waals surface area contributed by atoms with Gasteiger partial charge in [0.1, 0.15) is 5.92 Å². The van der Waals surface area contributed by atoms with Crippen molar-refractivity contribution in [2.24, 2.45) is 5.92 Å². The summed E-state index contributed by atoms with van der Waals surface area (Å²) >= 11 is 1.58. The number of amides is 2. The monoisotopic (exact) mass is 490 g/mol. The lowest BCUT2D eigenvalue weighted by molar-refractivity contribution is -0.150. The summed E-state index contributed by atoms with van der Waals surface area (Å²) in [6.07, 6.45) is 1.96. The van der Waals surface area contributed by atoms with Crippen LogP contribution in [0.2, 0.25) is 0 Å². The lowest BCUT2D eigenvalue weighted by atomic mass is 9.86. The van der Waals surface area contributed by atoms with Crippen LogP contribution in [-0.4, -0.2) is 45.1 Å². The maximum atomic E-state index is 13.3. The molecule has 0 aliphatic carbocycles. The zero-order valence-electron chi connectivity index (χ0n) is 19.5. The highest BCUT2D eigenvalue weighted by atomic mass is 32.2. The van der Waals surface area contributed by atoms with Crippen LogP contribution in [0.1, 0.15) is 35.2 Å². The second kappa shape index (κ2) is 10.2. The molecule has 1 aliphatic rings. The van der Waals surface area contributed by atoms with Crippen LogP contribution in [0.5, 0.6) is 0 Å². The molecule has 1 aliphatic heterocycles. The van der Waals surface area contributed by atoms with Crippen molar-refractivity contribution < 1.29 is 22.7 Å². The fourth-order valence-electron chi connectivity index (χ4n) is 4.06. The van der Waals surface area contributed by atoms with Crippen molar-refractivity contribution in [3.8, 4) is 0 Å². The second-order valence-corrected chi connectivity index (χ2v) is 11.1. The van der Waals surface area contributed by atoms with Crippen LogP contribution in [0.4, 0.5) is 4.79 Å². The van der Waals surface area contributed by atoms with Gasteiger partial charge in [0, 0.05) is 4.90 Å². The number of urea groups is 1. The zero-order valence-corrected chi connectivity index (χ0v) is 21.1. The normalized spacial score (nSPS) is 20.6. The summed E-state index contributed by atoms with van der Waals surface area (Å²) < 4.78 is 32.0. The Hall–Kier alpha value is -2.52. The van der Waals surface area contributed by atoms with Crippen LogP contribution in [0.3, 0.4) is 0 Å². The largest absolute Gasteiger partial charge is 0.466 e. The average Bonchev–Trinajstić information content (AvgIpc) is 2.76. The summed E-state index contributed by atoms with van der Waals surface area (Å²) in [5, 5.41) is 5.45. The molecule has 2 amide bonds. The summed E-state index contributed by atoms with van der Waals surface area (Å²) in [6, 6.07) is 8.58. The minimum atomic E-state index is -3.80. The van der Waals surface area contributed by atoms with E-state index in [1.54, 1.807) is 30.8 Å². The Morgan fingerprint density at radius 2 is 1.67 bits per heavy atom. The first-order valence-electron chi connectivity index (χ1n) is 10.8. The van der Waals surface area contributed by atoms with E-state index in [1.807, 2.05) is 51.3 Å². The number of benzene rings is 2. The molecule has 2 N–H and O–H groups in total. The molecule has 0 saturated carbocycles. The number of carbonyl (C=O) groups excluding carboxylic acids is 2. The Balaban J connectivity index is 2.00. The molecule has 0 spiro atoms. The Morgan fingerprint density at radius 1 is 1.06 bits per heavy atom. The molecule has 0 aromatic heterocycles. The summed E-state index contributed by atoms with van der Waals surface area (Å²) in [7, 11) is -3.80. The first-order chi connectivity index (χ1) is 15.6. The predicted molar refractivity (Wildman–Crippen MR) is 129 cm³/mol. The standard InChI is InChI=1S/C24H30N2O5S2/c1-6-31-23(27)21-20(13-33(29,30)19-11-14(2)16(4)15(3)12-19)25-24(28)26-22(21)17-7-9-18(32-5)10-8-17/h7-12,20-22H,6,13H2,1-5H3,(H2,25,26,28). The zero-order chi connectivity index (χ0) is 24.3. The van der Waals surface area contributed by atoms with Crippen LogP contribution in [0.25, 0.3) is 0 Å². The van der Waals surface area contributed by atoms with Gasteiger partial charge >= 0.3 is 12.0 Å². The molecule has 33 heavy (non-hydrogen) atoms. The molecule has 1 heterocycles. The van der Waals surface area contributed by atoms with Crippen LogP contribution >= 0.6 is 11.8 Å². The van der Waals surface area contributed by atoms with E-state index in [2.05, 4.69) is 10.6 Å². The Bertz CT molecular complexity index is 1120. The van der Waals surface area contributed by atoms with Crippen molar-refractivity contribution in [2.45, 2.75) is 49.6 Å². The second-order valence-electron chi connectivity index (χ2n) is 8.22. The van der Waals surface area contributed by atoms with Crippen LogP contribution in [-0.2, 0) is 19.4 Å². The summed E-state index contributed by atoms with van der Waals surface area (Å²) in [4.78, 5) is 26.7. The molecule has 7 nitrogen and oxygen atoms in total. The highest BCUT2D eigenvalue weighted by Crippen LogP contribution is 2.32. The smallest absolute Gasteiger partial charge is 0.315 e. The molecule has 178 valence electrons. The summed E-state index contributed by atoms with van der Waals surface area (Å²) in [5.41, 5.74) is 3.49. The lowest BCUT2D eigenvalue weighted by Crippen LogP contribution is -2.60. The van der Waals surface area contributed by atoms with Crippen molar-refractivity contribution in [1.29, 1.82) is 0 Å². The van der Waals surface area contributed by atoms with Crippen molar-refractivity contribution in [1.82, 2.24) is 10.6 Å². The number of carbonyl (C=O) groups is 2. The number of aryl methyl sites for hydroxylation is 2. The molecule has 9 heteroatoms. The van der Waals surface area contributed by atoms with Crippen molar-refractivity contribution in [3.05, 3.63) is 58.7 Å². The minimum Gasteiger partial charge on any atom is -0.466 e. The van der Waals surface area contributed by atoms with Gasteiger partial charge in [-0.1, -0.05) is 12.1 Å². The van der Waals surface area contributed by atoms with E-state index >= 15 is 0 Å². The topological polar surface area (TPSA) is 102 Å². The first kappa shape index (κ1) is 25.1. The number of thioether (sulfide) groups is 1. The molecule has 1 fully saturated rings. The van der Waals surface area contributed by atoms with Gasteiger partial charge < -0.3 is 15.4 Å². The molecule has 2 aromatic carbocycles. The number of sulfone groups is 1. The van der Waals surface area contributed by atoms with E-state index in [9.17, 15) is 18.0 Å². The number of ether oxygens (including phenoxy) is 1. The number of hydrogen-bond donors (Lipinski definition) is 2. The van der Waals surface area contributed by atoms with Gasteiger partial charge in [0.2, 0.25) is 0 Å².